The average Bonchev–Trinajstić information content (AvgIpc) is 3.29. The van der Waals surface area contributed by atoms with E-state index in [2.05, 4.69) is 10.1 Å². The van der Waals surface area contributed by atoms with Crippen LogP contribution in [0.5, 0.6) is 11.5 Å². The van der Waals surface area contributed by atoms with Gasteiger partial charge in [-0.2, -0.15) is 9.78 Å². The zero-order valence-electron chi connectivity index (χ0n) is 16.2. The number of benzene rings is 2. The van der Waals surface area contributed by atoms with Crippen LogP contribution >= 0.6 is 0 Å². The molecule has 0 saturated carbocycles. The van der Waals surface area contributed by atoms with Gasteiger partial charge in [0.05, 0.1) is 30.5 Å². The molecule has 0 radical (unpaired) electrons. The van der Waals surface area contributed by atoms with Gasteiger partial charge in [0.1, 0.15) is 5.82 Å². The van der Waals surface area contributed by atoms with E-state index in [4.69, 9.17) is 13.9 Å². The van der Waals surface area contributed by atoms with Crippen molar-refractivity contribution in [3.63, 3.8) is 0 Å². The largest absolute Gasteiger partial charge is 0.493 e. The molecule has 150 valence electrons. The number of aryl methyl sites for hydroxylation is 1. The summed E-state index contributed by atoms with van der Waals surface area (Å²) in [7, 11) is 1.46. The van der Waals surface area contributed by atoms with Gasteiger partial charge in [-0.3, -0.25) is 4.79 Å². The fourth-order valence-corrected chi connectivity index (χ4v) is 2.89. The van der Waals surface area contributed by atoms with Gasteiger partial charge >= 0.3 is 5.97 Å². The Morgan fingerprint density at radius 1 is 1.13 bits per heavy atom. The minimum Gasteiger partial charge on any atom is -0.493 e. The summed E-state index contributed by atoms with van der Waals surface area (Å²) < 4.78 is 16.9. The highest BCUT2D eigenvalue weighted by Crippen LogP contribution is 2.28. The second-order valence-corrected chi connectivity index (χ2v) is 6.31. The maximum absolute atomic E-state index is 12.7. The molecule has 0 aliphatic carbocycles. The minimum atomic E-state index is -0.635. The Labute approximate surface area is 171 Å². The van der Waals surface area contributed by atoms with E-state index in [1.165, 1.54) is 30.3 Å². The fraction of sp³-hybridized carbons (Fsp3) is 0.0909. The van der Waals surface area contributed by atoms with Crippen molar-refractivity contribution in [2.75, 3.05) is 7.11 Å². The maximum Gasteiger partial charge on any atom is 0.379 e. The molecule has 8 heteroatoms. The van der Waals surface area contributed by atoms with Crippen LogP contribution in [0, 0.1) is 6.92 Å². The lowest BCUT2D eigenvalue weighted by molar-refractivity contribution is 0.0696. The Morgan fingerprint density at radius 3 is 2.73 bits per heavy atom. The first-order valence-corrected chi connectivity index (χ1v) is 9.03. The van der Waals surface area contributed by atoms with Crippen LogP contribution in [-0.2, 0) is 0 Å². The first kappa shape index (κ1) is 19.1. The van der Waals surface area contributed by atoms with Gasteiger partial charge < -0.3 is 13.9 Å². The van der Waals surface area contributed by atoms with Crippen molar-refractivity contribution in [3.05, 3.63) is 88.4 Å². The van der Waals surface area contributed by atoms with E-state index in [1.54, 1.807) is 49.4 Å². The van der Waals surface area contributed by atoms with Crippen LogP contribution in [0.15, 0.2) is 75.2 Å². The number of fused-ring (bicyclic) bond motifs is 1. The van der Waals surface area contributed by atoms with Crippen molar-refractivity contribution in [1.82, 2.24) is 9.66 Å². The van der Waals surface area contributed by atoms with Crippen LogP contribution in [0.4, 0.5) is 0 Å². The topological polar surface area (TPSA) is 95.9 Å². The first-order chi connectivity index (χ1) is 14.6. The molecule has 8 nitrogen and oxygen atoms in total. The number of methoxy groups -OCH3 is 1. The van der Waals surface area contributed by atoms with Crippen molar-refractivity contribution < 1.29 is 18.7 Å². The minimum absolute atomic E-state index is 0.0846. The molecule has 0 aliphatic heterocycles. The van der Waals surface area contributed by atoms with Gasteiger partial charge in [0, 0.05) is 0 Å². The Kier molecular flexibility index (Phi) is 5.13. The van der Waals surface area contributed by atoms with E-state index in [9.17, 15) is 9.59 Å². The number of furan rings is 1. The highest BCUT2D eigenvalue weighted by molar-refractivity contribution is 5.89. The van der Waals surface area contributed by atoms with Crippen LogP contribution in [0.2, 0.25) is 0 Å². The number of carbonyl (C=O) groups is 1. The van der Waals surface area contributed by atoms with Gasteiger partial charge in [-0.25, -0.2) is 9.78 Å². The molecule has 0 unspecified atom stereocenters. The summed E-state index contributed by atoms with van der Waals surface area (Å²) >= 11 is 0. The van der Waals surface area contributed by atoms with Crippen molar-refractivity contribution in [2.24, 2.45) is 5.10 Å². The zero-order valence-corrected chi connectivity index (χ0v) is 16.2. The highest BCUT2D eigenvalue weighted by atomic mass is 16.6. The molecule has 0 aliphatic rings. The van der Waals surface area contributed by atoms with Crippen LogP contribution in [0.3, 0.4) is 0 Å². The van der Waals surface area contributed by atoms with Crippen molar-refractivity contribution in [2.45, 2.75) is 6.92 Å². The summed E-state index contributed by atoms with van der Waals surface area (Å²) in [6.45, 7) is 1.71. The lowest BCUT2D eigenvalue weighted by Crippen LogP contribution is -2.20. The molecule has 2 aromatic heterocycles. The summed E-state index contributed by atoms with van der Waals surface area (Å²) in [4.78, 5) is 29.2. The highest BCUT2D eigenvalue weighted by Gasteiger charge is 2.15. The molecule has 0 bridgehead atoms. The average molecular weight is 403 g/mol. The Bertz CT molecular complexity index is 1310. The lowest BCUT2D eigenvalue weighted by atomic mass is 10.2. The number of aromatic nitrogens is 2. The molecule has 30 heavy (non-hydrogen) atoms. The predicted molar refractivity (Wildman–Crippen MR) is 110 cm³/mol. The predicted octanol–water partition coefficient (Wildman–Crippen LogP) is 3.41. The van der Waals surface area contributed by atoms with Crippen molar-refractivity contribution in [3.8, 4) is 11.5 Å². The van der Waals surface area contributed by atoms with E-state index in [0.29, 0.717) is 28.0 Å². The van der Waals surface area contributed by atoms with E-state index in [1.807, 2.05) is 6.07 Å². The summed E-state index contributed by atoms with van der Waals surface area (Å²) in [5.41, 5.74) is 1.00. The maximum atomic E-state index is 12.7. The third-order valence-electron chi connectivity index (χ3n) is 4.35. The standard InChI is InChI=1S/C22H17N3O5/c1-14-24-17-7-4-3-6-16(17)21(26)25(14)23-13-15-9-10-18(20(12-15)28-2)30-22(27)19-8-5-11-29-19/h3-13H,1-2H3/b23-13-. The van der Waals surface area contributed by atoms with E-state index in [0.717, 1.165) is 0 Å². The molecule has 0 saturated heterocycles. The van der Waals surface area contributed by atoms with E-state index >= 15 is 0 Å². The molecule has 4 rings (SSSR count). The number of para-hydroxylation sites is 1. The molecule has 0 atom stereocenters. The van der Waals surface area contributed by atoms with Crippen molar-refractivity contribution in [1.29, 1.82) is 0 Å². The Morgan fingerprint density at radius 2 is 1.97 bits per heavy atom. The van der Waals surface area contributed by atoms with Gasteiger partial charge in [0.15, 0.2) is 11.5 Å². The van der Waals surface area contributed by atoms with Crippen LogP contribution < -0.4 is 15.0 Å². The SMILES string of the molecule is COc1cc(/C=N\n2c(C)nc3ccccc3c2=O)ccc1OC(=O)c1ccco1. The van der Waals surface area contributed by atoms with Gasteiger partial charge in [-0.05, 0) is 55.0 Å². The van der Waals surface area contributed by atoms with Crippen LogP contribution in [0.1, 0.15) is 21.9 Å². The van der Waals surface area contributed by atoms with Gasteiger partial charge in [0.25, 0.3) is 5.56 Å². The summed E-state index contributed by atoms with van der Waals surface area (Å²) in [5.74, 6) is 0.479. The van der Waals surface area contributed by atoms with E-state index in [-0.39, 0.29) is 17.1 Å². The summed E-state index contributed by atoms with van der Waals surface area (Å²) in [6, 6.07) is 15.1. The Hall–Kier alpha value is -4.20. The van der Waals surface area contributed by atoms with Crippen LogP contribution in [-0.4, -0.2) is 29.0 Å². The molecular weight excluding hydrogens is 386 g/mol. The molecular formula is C22H17N3O5. The number of hydrogen-bond donors (Lipinski definition) is 0. The quantitative estimate of drug-likeness (QED) is 0.288. The van der Waals surface area contributed by atoms with Gasteiger partial charge in [-0.15, -0.1) is 0 Å². The molecule has 2 aromatic carbocycles. The number of rotatable bonds is 5. The normalized spacial score (nSPS) is 11.1. The molecule has 0 fully saturated rings. The zero-order chi connectivity index (χ0) is 21.1. The fourth-order valence-electron chi connectivity index (χ4n) is 2.89. The molecule has 4 aromatic rings. The number of nitrogens with zero attached hydrogens (tertiary/aromatic N) is 3. The van der Waals surface area contributed by atoms with Gasteiger partial charge in [0.2, 0.25) is 5.76 Å². The number of esters is 1. The Balaban J connectivity index is 1.62. The monoisotopic (exact) mass is 403 g/mol. The first-order valence-electron chi connectivity index (χ1n) is 9.03. The third kappa shape index (κ3) is 3.70. The molecule has 0 amide bonds. The van der Waals surface area contributed by atoms with E-state index < -0.39 is 5.97 Å². The number of hydrogen-bond acceptors (Lipinski definition) is 7. The molecule has 0 spiro atoms. The number of carbonyl (C=O) groups excluding carboxylic acids is 1. The van der Waals surface area contributed by atoms with Gasteiger partial charge in [-0.1, -0.05) is 12.1 Å². The van der Waals surface area contributed by atoms with Crippen LogP contribution in [0.25, 0.3) is 10.9 Å². The van der Waals surface area contributed by atoms with Crippen molar-refractivity contribution >= 4 is 23.1 Å². The molecule has 0 N–H and O–H groups in total. The smallest absolute Gasteiger partial charge is 0.379 e. The second-order valence-electron chi connectivity index (χ2n) is 6.31. The lowest BCUT2D eigenvalue weighted by Gasteiger charge is -2.09. The summed E-state index contributed by atoms with van der Waals surface area (Å²) in [6.07, 6.45) is 2.89. The third-order valence-corrected chi connectivity index (χ3v) is 4.35. The molecule has 2 heterocycles. The number of ether oxygens (including phenoxy) is 2. The summed E-state index contributed by atoms with van der Waals surface area (Å²) in [5, 5.41) is 4.75. The second kappa shape index (κ2) is 8.04.